The Kier molecular flexibility index (Phi) is 10.7. The number of amides is 1. The molecule has 0 saturated carbocycles. The monoisotopic (exact) mass is 334 g/mol. The van der Waals surface area contributed by atoms with E-state index in [4.69, 9.17) is 10.5 Å². The number of carboxylic acid groups (broad SMARTS) is 1. The first-order valence-corrected chi connectivity index (χ1v) is 7.18. The molecule has 0 aromatic carbocycles. The van der Waals surface area contributed by atoms with Crippen molar-refractivity contribution < 1.29 is 70.8 Å². The molecule has 1 aliphatic carbocycles. The molecule has 1 rings (SSSR count). The zero-order valence-electron chi connectivity index (χ0n) is 13.5. The minimum atomic E-state index is -1.25. The van der Waals surface area contributed by atoms with Crippen LogP contribution in [0, 0.1) is 0 Å². The molecule has 0 saturated heterocycles. The maximum atomic E-state index is 11.5. The molecule has 0 aliphatic heterocycles. The quantitative estimate of drug-likeness (QED) is 0.374. The van der Waals surface area contributed by atoms with Crippen molar-refractivity contribution in [1.29, 1.82) is 0 Å². The van der Waals surface area contributed by atoms with Crippen LogP contribution in [0.15, 0.2) is 24.3 Å². The molecular formula is C15H23KN2O4. The van der Waals surface area contributed by atoms with Gasteiger partial charge in [-0.2, -0.15) is 0 Å². The van der Waals surface area contributed by atoms with Crippen molar-refractivity contribution >= 4 is 11.9 Å². The van der Waals surface area contributed by atoms with E-state index in [9.17, 15) is 14.7 Å². The number of ether oxygens (including phenoxy) is 1. The number of carbonyl (C=O) groups is 2. The summed E-state index contributed by atoms with van der Waals surface area (Å²) in [6.45, 7) is 7.37. The summed E-state index contributed by atoms with van der Waals surface area (Å²) >= 11 is 0. The Labute approximate surface area is 174 Å². The molecule has 118 valence electrons. The molecule has 7 heteroatoms. The Hall–Kier alpha value is -0.0236. The first kappa shape index (κ1) is 22.0. The van der Waals surface area contributed by atoms with Gasteiger partial charge in [0, 0.05) is 6.04 Å². The zero-order chi connectivity index (χ0) is 16.0. The average molecular weight is 334 g/mol. The number of hydrogen-bond acceptors (Lipinski definition) is 5. The summed E-state index contributed by atoms with van der Waals surface area (Å²) in [5.41, 5.74) is 6.11. The Morgan fingerprint density at radius 2 is 2.14 bits per heavy atom. The van der Waals surface area contributed by atoms with Gasteiger partial charge in [0.15, 0.2) is 0 Å². The van der Waals surface area contributed by atoms with Crippen molar-refractivity contribution in [3.63, 3.8) is 0 Å². The van der Waals surface area contributed by atoms with Gasteiger partial charge in [0.2, 0.25) is 5.91 Å². The first-order valence-electron chi connectivity index (χ1n) is 7.18. The number of aliphatic carboxylic acids is 1. The van der Waals surface area contributed by atoms with Crippen LogP contribution in [0.4, 0.5) is 0 Å². The van der Waals surface area contributed by atoms with E-state index in [1.807, 2.05) is 13.8 Å². The van der Waals surface area contributed by atoms with Crippen molar-refractivity contribution in [3.05, 3.63) is 24.3 Å². The van der Waals surface area contributed by atoms with Crippen molar-refractivity contribution in [2.75, 3.05) is 0 Å². The van der Waals surface area contributed by atoms with Gasteiger partial charge in [-0.1, -0.05) is 20.4 Å². The number of nitrogens with two attached hydrogens (primary N) is 1. The van der Waals surface area contributed by atoms with Gasteiger partial charge in [0.25, 0.3) is 0 Å². The number of carbonyl (C=O) groups excluding carboxylic acids is 2. The van der Waals surface area contributed by atoms with Gasteiger partial charge in [-0.25, -0.2) is 0 Å². The summed E-state index contributed by atoms with van der Waals surface area (Å²) in [4.78, 5) is 22.6. The van der Waals surface area contributed by atoms with Gasteiger partial charge in [0.1, 0.15) is 0 Å². The van der Waals surface area contributed by atoms with Crippen LogP contribution in [-0.4, -0.2) is 36.2 Å². The fraction of sp³-hybridized carbons (Fsp3) is 0.600. The topological polar surface area (TPSA) is 104 Å². The van der Waals surface area contributed by atoms with Crippen LogP contribution in [-0.2, 0) is 14.3 Å². The molecule has 0 heterocycles. The van der Waals surface area contributed by atoms with Crippen molar-refractivity contribution in [3.8, 4) is 0 Å². The van der Waals surface area contributed by atoms with Crippen LogP contribution in [0.25, 0.3) is 0 Å². The van der Waals surface area contributed by atoms with Crippen LogP contribution in [0.1, 0.15) is 33.1 Å². The Morgan fingerprint density at radius 1 is 1.55 bits per heavy atom. The third kappa shape index (κ3) is 6.23. The van der Waals surface area contributed by atoms with Crippen LogP contribution < -0.4 is 67.5 Å². The molecule has 1 aliphatic rings. The molecule has 0 unspecified atom stereocenters. The third-order valence-electron chi connectivity index (χ3n) is 3.65. The van der Waals surface area contributed by atoms with Gasteiger partial charge >= 0.3 is 51.4 Å². The Balaban J connectivity index is 0.00000441. The van der Waals surface area contributed by atoms with Gasteiger partial charge in [-0.15, -0.1) is 0 Å². The minimum Gasteiger partial charge on any atom is -0.545 e. The molecule has 0 fully saturated rings. The number of nitrogens with one attached hydrogen (secondary N) is 1. The summed E-state index contributed by atoms with van der Waals surface area (Å²) in [5.74, 6) is -1.61. The first-order chi connectivity index (χ1) is 9.92. The van der Waals surface area contributed by atoms with Gasteiger partial charge in [-0.05, 0) is 37.0 Å². The van der Waals surface area contributed by atoms with E-state index in [0.29, 0.717) is 0 Å². The second-order valence-corrected chi connectivity index (χ2v) is 5.13. The van der Waals surface area contributed by atoms with Crippen LogP contribution in [0.5, 0.6) is 0 Å². The van der Waals surface area contributed by atoms with Crippen molar-refractivity contribution in [2.45, 2.75) is 57.4 Å². The predicted molar refractivity (Wildman–Crippen MR) is 77.1 cm³/mol. The van der Waals surface area contributed by atoms with Crippen molar-refractivity contribution in [2.24, 2.45) is 5.73 Å². The van der Waals surface area contributed by atoms with E-state index in [2.05, 4.69) is 11.9 Å². The minimum absolute atomic E-state index is 0. The van der Waals surface area contributed by atoms with Gasteiger partial charge < -0.3 is 25.7 Å². The molecule has 1 amide bonds. The van der Waals surface area contributed by atoms with E-state index in [0.717, 1.165) is 18.9 Å². The molecule has 3 N–H and O–H groups in total. The average Bonchev–Trinajstić information content (AvgIpc) is 2.46. The third-order valence-corrected chi connectivity index (χ3v) is 3.65. The summed E-state index contributed by atoms with van der Waals surface area (Å²) in [5, 5.41) is 13.8. The van der Waals surface area contributed by atoms with E-state index in [1.165, 1.54) is 6.08 Å². The van der Waals surface area contributed by atoms with E-state index >= 15 is 0 Å². The number of hydrogen-bond donors (Lipinski definition) is 2. The Morgan fingerprint density at radius 3 is 2.59 bits per heavy atom. The van der Waals surface area contributed by atoms with Crippen LogP contribution >= 0.6 is 0 Å². The molecule has 0 radical (unpaired) electrons. The smallest absolute Gasteiger partial charge is 0.545 e. The second kappa shape index (κ2) is 10.7. The standard InChI is InChI=1S/C15H24N2O4.K/c1-4-10(5-2)21-12-8-9(15(19)20)7-11(16)14(12)17-13(18)6-3;/h6,8,10-12,14H,3-5,7,16H2,1-2H3,(H,17,18)(H,19,20);/q;+1/p-1/t11-,12+,14+;/m0./s1. The van der Waals surface area contributed by atoms with E-state index < -0.39 is 24.2 Å². The summed E-state index contributed by atoms with van der Waals surface area (Å²) in [7, 11) is 0. The fourth-order valence-electron chi connectivity index (χ4n) is 2.39. The largest absolute Gasteiger partial charge is 1.00 e. The number of rotatable bonds is 7. The van der Waals surface area contributed by atoms with Gasteiger partial charge in [0.05, 0.1) is 24.2 Å². The summed E-state index contributed by atoms with van der Waals surface area (Å²) < 4.78 is 5.90. The zero-order valence-corrected chi connectivity index (χ0v) is 16.6. The SMILES string of the molecule is C=CC(=O)N[C@@H]1[C@@H](N)CC(C(=O)[O-])=C[C@H]1OC(CC)CC.[K+]. The van der Waals surface area contributed by atoms with E-state index in [1.54, 1.807) is 0 Å². The summed E-state index contributed by atoms with van der Waals surface area (Å²) in [6, 6.07) is -1.04. The molecule has 6 nitrogen and oxygen atoms in total. The van der Waals surface area contributed by atoms with Gasteiger partial charge in [-0.3, -0.25) is 4.79 Å². The molecule has 22 heavy (non-hydrogen) atoms. The van der Waals surface area contributed by atoms with E-state index in [-0.39, 0.29) is 75.4 Å². The Bertz CT molecular complexity index is 435. The molecule has 0 bridgehead atoms. The molecular weight excluding hydrogens is 311 g/mol. The normalized spacial score (nSPS) is 24.2. The van der Waals surface area contributed by atoms with Crippen LogP contribution in [0.3, 0.4) is 0 Å². The molecule has 0 aromatic rings. The summed E-state index contributed by atoms with van der Waals surface area (Å²) in [6.07, 6.45) is 3.74. The molecule has 3 atom stereocenters. The maximum Gasteiger partial charge on any atom is 1.00 e. The molecule has 0 aromatic heterocycles. The molecule has 0 spiro atoms. The van der Waals surface area contributed by atoms with Crippen molar-refractivity contribution in [1.82, 2.24) is 5.32 Å². The number of carboxylic acids is 1. The van der Waals surface area contributed by atoms with Crippen LogP contribution in [0.2, 0.25) is 0 Å². The maximum absolute atomic E-state index is 11.5. The predicted octanol–water partition coefficient (Wildman–Crippen LogP) is -3.36. The second-order valence-electron chi connectivity index (χ2n) is 5.13. The fourth-order valence-corrected chi connectivity index (χ4v) is 2.39.